The number of rotatable bonds is 6. The van der Waals surface area contributed by atoms with Crippen molar-refractivity contribution in [3.8, 4) is 0 Å². The molecule has 0 unspecified atom stereocenters. The van der Waals surface area contributed by atoms with Crippen molar-refractivity contribution in [1.29, 1.82) is 0 Å². The van der Waals surface area contributed by atoms with Gasteiger partial charge in [-0.2, -0.15) is 18.2 Å². The van der Waals surface area contributed by atoms with Crippen molar-refractivity contribution in [2.75, 3.05) is 17.2 Å². The fourth-order valence-electron chi connectivity index (χ4n) is 2.10. The largest absolute Gasteiger partial charge is 0.433 e. The highest BCUT2D eigenvalue weighted by molar-refractivity contribution is 5.59. The van der Waals surface area contributed by atoms with Gasteiger partial charge in [-0.05, 0) is 5.92 Å². The van der Waals surface area contributed by atoms with Gasteiger partial charge in [0.1, 0.15) is 17.3 Å². The van der Waals surface area contributed by atoms with Gasteiger partial charge in [0.2, 0.25) is 5.95 Å². The molecule has 1 heterocycles. The lowest BCUT2D eigenvalue weighted by Gasteiger charge is -2.21. The summed E-state index contributed by atoms with van der Waals surface area (Å²) in [6.07, 6.45) is -4.86. The van der Waals surface area contributed by atoms with E-state index in [0.717, 1.165) is 0 Å². The van der Waals surface area contributed by atoms with Gasteiger partial charge in [0.05, 0.1) is 12.6 Å². The summed E-state index contributed by atoms with van der Waals surface area (Å²) < 4.78 is 79.7. The summed E-state index contributed by atoms with van der Waals surface area (Å²) in [7, 11) is 0. The Kier molecular flexibility index (Phi) is 6.14. The number of aromatic nitrogens is 2. The lowest BCUT2D eigenvalue weighted by Crippen LogP contribution is -2.30. The minimum Gasteiger partial charge on any atom is -0.394 e. The standard InChI is InChI=1S/C16H16F6N4O/c1-7(2)11(6-27)23-15-24-12(16(20,21)22)5-13(26-15)25-14-9(18)3-8(17)4-10(14)19/h3-5,7,11,27H,6H2,1-2H3,(H2,23,24,25,26)/t11-/m0/s1. The average Bonchev–Trinajstić information content (AvgIpc) is 2.54. The van der Waals surface area contributed by atoms with Crippen LogP contribution >= 0.6 is 0 Å². The summed E-state index contributed by atoms with van der Waals surface area (Å²) in [6.45, 7) is 3.02. The molecule has 0 aliphatic heterocycles. The molecule has 27 heavy (non-hydrogen) atoms. The monoisotopic (exact) mass is 394 g/mol. The molecule has 11 heteroatoms. The predicted octanol–water partition coefficient (Wildman–Crippen LogP) is 4.09. The highest BCUT2D eigenvalue weighted by atomic mass is 19.4. The SMILES string of the molecule is CC(C)[C@H](CO)Nc1nc(Nc2c(F)cc(F)cc2F)cc(C(F)(F)F)n1. The number of nitrogens with one attached hydrogen (secondary N) is 2. The van der Waals surface area contributed by atoms with Gasteiger partial charge < -0.3 is 15.7 Å². The van der Waals surface area contributed by atoms with E-state index >= 15 is 0 Å². The summed E-state index contributed by atoms with van der Waals surface area (Å²) in [6, 6.07) is 0.547. The van der Waals surface area contributed by atoms with E-state index in [4.69, 9.17) is 0 Å². The molecule has 0 saturated heterocycles. The van der Waals surface area contributed by atoms with Crippen LogP contribution in [-0.4, -0.2) is 27.7 Å². The summed E-state index contributed by atoms with van der Waals surface area (Å²) in [5.74, 6) is -5.10. The van der Waals surface area contributed by atoms with Gasteiger partial charge in [-0.25, -0.2) is 18.2 Å². The summed E-state index contributed by atoms with van der Waals surface area (Å²) in [4.78, 5) is 7.08. The van der Waals surface area contributed by atoms with E-state index in [0.29, 0.717) is 18.2 Å². The Balaban J connectivity index is 2.45. The molecule has 1 aromatic heterocycles. The van der Waals surface area contributed by atoms with Crippen molar-refractivity contribution in [1.82, 2.24) is 9.97 Å². The Labute approximate surface area is 150 Å². The molecule has 2 rings (SSSR count). The first-order chi connectivity index (χ1) is 12.5. The van der Waals surface area contributed by atoms with Crippen LogP contribution in [0.1, 0.15) is 19.5 Å². The van der Waals surface area contributed by atoms with Crippen LogP contribution in [0.4, 0.5) is 43.8 Å². The first-order valence-corrected chi connectivity index (χ1v) is 7.76. The number of hydrogen-bond acceptors (Lipinski definition) is 5. The normalized spacial score (nSPS) is 13.0. The van der Waals surface area contributed by atoms with Crippen LogP contribution in [0.3, 0.4) is 0 Å². The molecule has 0 amide bonds. The maximum atomic E-state index is 13.7. The zero-order valence-corrected chi connectivity index (χ0v) is 14.2. The smallest absolute Gasteiger partial charge is 0.394 e. The molecule has 0 radical (unpaired) electrons. The minimum absolute atomic E-state index is 0.170. The third-order valence-electron chi connectivity index (χ3n) is 3.59. The quantitative estimate of drug-likeness (QED) is 0.644. The number of aliphatic hydroxyl groups is 1. The Morgan fingerprint density at radius 3 is 2.11 bits per heavy atom. The summed E-state index contributed by atoms with van der Waals surface area (Å²) in [5.41, 5.74) is -2.23. The van der Waals surface area contributed by atoms with Gasteiger partial charge in [-0.15, -0.1) is 0 Å². The van der Waals surface area contributed by atoms with E-state index in [-0.39, 0.29) is 5.92 Å². The van der Waals surface area contributed by atoms with Gasteiger partial charge in [0, 0.05) is 18.2 Å². The Hall–Kier alpha value is -2.56. The second-order valence-corrected chi connectivity index (χ2v) is 6.01. The van der Waals surface area contributed by atoms with E-state index in [1.54, 1.807) is 13.8 Å². The van der Waals surface area contributed by atoms with Gasteiger partial charge in [0.15, 0.2) is 17.3 Å². The Bertz CT molecular complexity index is 789. The minimum atomic E-state index is -4.86. The summed E-state index contributed by atoms with van der Waals surface area (Å²) in [5, 5.41) is 13.9. The molecule has 1 atom stereocenters. The molecule has 5 nitrogen and oxygen atoms in total. The van der Waals surface area contributed by atoms with Crippen LogP contribution in [0, 0.1) is 23.4 Å². The molecule has 0 spiro atoms. The molecule has 0 fully saturated rings. The third-order valence-corrected chi connectivity index (χ3v) is 3.59. The lowest BCUT2D eigenvalue weighted by molar-refractivity contribution is -0.141. The lowest BCUT2D eigenvalue weighted by atomic mass is 10.1. The fraction of sp³-hybridized carbons (Fsp3) is 0.375. The second-order valence-electron chi connectivity index (χ2n) is 6.01. The van der Waals surface area contributed by atoms with Crippen LogP contribution in [0.5, 0.6) is 0 Å². The van der Waals surface area contributed by atoms with Crippen molar-refractivity contribution in [2.24, 2.45) is 5.92 Å². The number of aliphatic hydroxyl groups excluding tert-OH is 1. The predicted molar refractivity (Wildman–Crippen MR) is 86.0 cm³/mol. The van der Waals surface area contributed by atoms with Crippen molar-refractivity contribution < 1.29 is 31.4 Å². The summed E-state index contributed by atoms with van der Waals surface area (Å²) >= 11 is 0. The molecule has 0 saturated carbocycles. The topological polar surface area (TPSA) is 70.1 Å². The zero-order valence-electron chi connectivity index (χ0n) is 14.2. The molecule has 148 valence electrons. The average molecular weight is 394 g/mol. The highest BCUT2D eigenvalue weighted by Crippen LogP contribution is 2.31. The number of benzene rings is 1. The van der Waals surface area contributed by atoms with E-state index < -0.39 is 59.4 Å². The van der Waals surface area contributed by atoms with Crippen molar-refractivity contribution in [3.05, 3.63) is 41.3 Å². The van der Waals surface area contributed by atoms with Crippen LogP contribution in [0.25, 0.3) is 0 Å². The van der Waals surface area contributed by atoms with E-state index in [1.165, 1.54) is 0 Å². The van der Waals surface area contributed by atoms with Gasteiger partial charge >= 0.3 is 6.18 Å². The molecular weight excluding hydrogens is 378 g/mol. The second kappa shape index (κ2) is 7.99. The molecule has 0 aliphatic rings. The van der Waals surface area contributed by atoms with E-state index in [9.17, 15) is 31.4 Å². The van der Waals surface area contributed by atoms with Crippen LogP contribution in [0.2, 0.25) is 0 Å². The number of anilines is 3. The Morgan fingerprint density at radius 2 is 1.63 bits per heavy atom. The number of nitrogens with zero attached hydrogens (tertiary/aromatic N) is 2. The number of halogens is 6. The molecular formula is C16H16F6N4O. The molecule has 3 N–H and O–H groups in total. The fourth-order valence-corrected chi connectivity index (χ4v) is 2.10. The van der Waals surface area contributed by atoms with Crippen molar-refractivity contribution in [2.45, 2.75) is 26.1 Å². The van der Waals surface area contributed by atoms with Gasteiger partial charge in [-0.3, -0.25) is 0 Å². The van der Waals surface area contributed by atoms with Crippen molar-refractivity contribution >= 4 is 17.5 Å². The van der Waals surface area contributed by atoms with Crippen LogP contribution < -0.4 is 10.6 Å². The van der Waals surface area contributed by atoms with E-state index in [2.05, 4.69) is 20.6 Å². The van der Waals surface area contributed by atoms with Gasteiger partial charge in [-0.1, -0.05) is 13.8 Å². The number of hydrogen-bond donors (Lipinski definition) is 3. The molecule has 1 aromatic carbocycles. The van der Waals surface area contributed by atoms with Crippen LogP contribution in [0.15, 0.2) is 18.2 Å². The maximum Gasteiger partial charge on any atom is 0.433 e. The number of alkyl halides is 3. The first-order valence-electron chi connectivity index (χ1n) is 7.76. The van der Waals surface area contributed by atoms with E-state index in [1.807, 2.05) is 0 Å². The maximum absolute atomic E-state index is 13.7. The molecule has 0 bridgehead atoms. The van der Waals surface area contributed by atoms with Crippen molar-refractivity contribution in [3.63, 3.8) is 0 Å². The first kappa shape index (κ1) is 20.7. The van der Waals surface area contributed by atoms with Gasteiger partial charge in [0.25, 0.3) is 0 Å². The van der Waals surface area contributed by atoms with Crippen LogP contribution in [-0.2, 0) is 6.18 Å². The molecule has 2 aromatic rings. The highest BCUT2D eigenvalue weighted by Gasteiger charge is 2.34. The Morgan fingerprint density at radius 1 is 1.04 bits per heavy atom. The molecule has 0 aliphatic carbocycles. The third kappa shape index (κ3) is 5.22. The zero-order chi connectivity index (χ0) is 20.4.